The van der Waals surface area contributed by atoms with Crippen molar-refractivity contribution in [3.8, 4) is 12.3 Å². The third-order valence-electron chi connectivity index (χ3n) is 11.6. The highest BCUT2D eigenvalue weighted by Crippen LogP contribution is 2.34. The SMILES string of the molecule is C#Cc1cc(C[C@@H](OC(=O)N2CCC(n3c(=O)[nH]c4c5ccccc5ncc43)CC2)C(=O)N2CCC(N3CC4CC3CN4C)CC2)cc(Cl)c1N. The molecule has 2 unspecified atom stereocenters. The zero-order valence-electron chi connectivity index (χ0n) is 28.8. The number of hydrogen-bond donors (Lipinski definition) is 2. The number of fused-ring (bicyclic) bond motifs is 5. The number of nitrogens with one attached hydrogen (secondary N) is 1. The van der Waals surface area contributed by atoms with Crippen LogP contribution in [0.3, 0.4) is 0 Å². The number of amides is 2. The molecule has 0 spiro atoms. The summed E-state index contributed by atoms with van der Waals surface area (Å²) in [4.78, 5) is 57.2. The molecule has 2 amide bonds. The molecule has 2 aromatic heterocycles. The molecule has 12 nitrogen and oxygen atoms in total. The van der Waals surface area contributed by atoms with Crippen molar-refractivity contribution in [2.24, 2.45) is 0 Å². The van der Waals surface area contributed by atoms with Crippen LogP contribution in [0.1, 0.15) is 49.3 Å². The number of imidazole rings is 1. The molecule has 13 heteroatoms. The highest BCUT2D eigenvalue weighted by atomic mass is 35.5. The molecule has 51 heavy (non-hydrogen) atoms. The van der Waals surface area contributed by atoms with Gasteiger partial charge < -0.3 is 30.2 Å². The zero-order valence-corrected chi connectivity index (χ0v) is 29.5. The minimum Gasteiger partial charge on any atom is -0.436 e. The van der Waals surface area contributed by atoms with Gasteiger partial charge in [-0.15, -0.1) is 6.42 Å². The average Bonchev–Trinajstić information content (AvgIpc) is 3.84. The van der Waals surface area contributed by atoms with E-state index in [1.807, 2.05) is 29.2 Å². The van der Waals surface area contributed by atoms with Crippen molar-refractivity contribution in [2.45, 2.75) is 68.8 Å². The van der Waals surface area contributed by atoms with Crippen LogP contribution >= 0.6 is 11.6 Å². The predicted molar refractivity (Wildman–Crippen MR) is 197 cm³/mol. The standard InChI is InChI=1S/C38H43ClN8O4/c1-3-24-16-23(17-30(39)34(24)40)18-33(36(48)44-12-8-25(9-13-44)46-22-27-19-28(46)21-43(27)2)51-38(50)45-14-10-26(11-15-45)47-32-20-41-31-7-5-4-6-29(31)35(32)42-37(47)49/h1,4-7,16-17,20,25-28,33H,8-15,18-19,21-22,40H2,2H3,(H,42,49)/t27?,28?,33-/m1/s1. The van der Waals surface area contributed by atoms with Gasteiger partial charge in [0.1, 0.15) is 0 Å². The Morgan fingerprint density at radius 3 is 2.47 bits per heavy atom. The van der Waals surface area contributed by atoms with E-state index in [1.54, 1.807) is 27.8 Å². The van der Waals surface area contributed by atoms with Crippen molar-refractivity contribution in [1.29, 1.82) is 0 Å². The molecule has 0 radical (unpaired) electrons. The number of H-pyrrole nitrogens is 1. The number of piperazine rings is 1. The molecule has 4 aromatic rings. The largest absolute Gasteiger partial charge is 0.436 e. The summed E-state index contributed by atoms with van der Waals surface area (Å²) in [5, 5.41) is 1.18. The molecular weight excluding hydrogens is 668 g/mol. The van der Waals surface area contributed by atoms with Gasteiger partial charge in [0.05, 0.1) is 33.5 Å². The molecule has 4 saturated heterocycles. The molecule has 4 aliphatic heterocycles. The van der Waals surface area contributed by atoms with Crippen LogP contribution in [0.5, 0.6) is 0 Å². The second-order valence-corrected chi connectivity index (χ2v) is 15.0. The van der Waals surface area contributed by atoms with Crippen molar-refractivity contribution < 1.29 is 14.3 Å². The fourth-order valence-corrected chi connectivity index (χ4v) is 9.10. The van der Waals surface area contributed by atoms with E-state index < -0.39 is 12.2 Å². The first kappa shape index (κ1) is 33.6. The number of nitrogen functional groups attached to an aromatic ring is 1. The first-order chi connectivity index (χ1) is 24.7. The number of nitrogens with two attached hydrogens (primary N) is 1. The summed E-state index contributed by atoms with van der Waals surface area (Å²) in [6, 6.07) is 12.7. The highest BCUT2D eigenvalue weighted by Gasteiger charge is 2.45. The number of carbonyl (C=O) groups is 2. The molecule has 4 fully saturated rings. The number of likely N-dealkylation sites (N-methyl/N-ethyl adjacent to an activating group) is 1. The minimum atomic E-state index is -1.07. The van der Waals surface area contributed by atoms with Gasteiger partial charge in [-0.1, -0.05) is 35.7 Å². The Balaban J connectivity index is 0.958. The number of ether oxygens (including phenoxy) is 1. The lowest BCUT2D eigenvalue weighted by atomic mass is 9.99. The number of likely N-dealkylation sites (tertiary alicyclic amines) is 4. The molecular formula is C38H43ClN8O4. The van der Waals surface area contributed by atoms with Crippen molar-refractivity contribution in [1.82, 2.24) is 34.1 Å². The van der Waals surface area contributed by atoms with Crippen LogP contribution in [0.15, 0.2) is 47.4 Å². The number of aromatic nitrogens is 3. The fraction of sp³-hybridized carbons (Fsp3) is 0.474. The van der Waals surface area contributed by atoms with Gasteiger partial charge >= 0.3 is 11.8 Å². The molecule has 6 heterocycles. The maximum absolute atomic E-state index is 14.2. The Bertz CT molecular complexity index is 2090. The van der Waals surface area contributed by atoms with Crippen LogP contribution in [-0.2, 0) is 16.0 Å². The summed E-state index contributed by atoms with van der Waals surface area (Å²) in [5.41, 5.74) is 9.59. The number of benzene rings is 2. The molecule has 3 N–H and O–H groups in total. The van der Waals surface area contributed by atoms with E-state index in [0.717, 1.165) is 47.9 Å². The summed E-state index contributed by atoms with van der Waals surface area (Å²) in [7, 11) is 2.21. The van der Waals surface area contributed by atoms with E-state index in [0.29, 0.717) is 79.0 Å². The number of rotatable bonds is 6. The first-order valence-electron chi connectivity index (χ1n) is 17.9. The maximum atomic E-state index is 14.2. The molecule has 0 saturated carbocycles. The third-order valence-corrected chi connectivity index (χ3v) is 12.0. The number of piperidine rings is 2. The predicted octanol–water partition coefficient (Wildman–Crippen LogP) is 3.86. The minimum absolute atomic E-state index is 0.115. The fourth-order valence-electron chi connectivity index (χ4n) is 8.86. The van der Waals surface area contributed by atoms with Crippen LogP contribution < -0.4 is 11.4 Å². The van der Waals surface area contributed by atoms with Crippen LogP contribution in [0.25, 0.3) is 21.9 Å². The monoisotopic (exact) mass is 710 g/mol. The van der Waals surface area contributed by atoms with Gasteiger partial charge in [-0.2, -0.15) is 0 Å². The number of nitrogens with zero attached hydrogens (tertiary/aromatic N) is 6. The number of pyridine rings is 1. The van der Waals surface area contributed by atoms with Crippen LogP contribution in [0, 0.1) is 12.3 Å². The van der Waals surface area contributed by atoms with Gasteiger partial charge in [-0.25, -0.2) is 9.59 Å². The molecule has 8 rings (SSSR count). The van der Waals surface area contributed by atoms with Gasteiger partial charge in [0, 0.05) is 80.8 Å². The molecule has 266 valence electrons. The van der Waals surface area contributed by atoms with Crippen molar-refractivity contribution >= 4 is 51.2 Å². The number of aromatic amines is 1. The normalized spacial score (nSPS) is 22.5. The van der Waals surface area contributed by atoms with E-state index in [9.17, 15) is 14.4 Å². The van der Waals surface area contributed by atoms with Crippen molar-refractivity contribution in [3.05, 3.63) is 69.2 Å². The zero-order chi connectivity index (χ0) is 35.4. The second-order valence-electron chi connectivity index (χ2n) is 14.5. The number of para-hydroxylation sites is 1. The number of carbonyl (C=O) groups excluding carboxylic acids is 2. The summed E-state index contributed by atoms with van der Waals surface area (Å²) in [5.74, 6) is 2.34. The quantitative estimate of drug-likeness (QED) is 0.228. The van der Waals surface area contributed by atoms with E-state index >= 15 is 0 Å². The summed E-state index contributed by atoms with van der Waals surface area (Å²) < 4.78 is 7.83. The summed E-state index contributed by atoms with van der Waals surface area (Å²) in [6.07, 6.45) is 10.0. The smallest absolute Gasteiger partial charge is 0.410 e. The summed E-state index contributed by atoms with van der Waals surface area (Å²) >= 11 is 6.41. The van der Waals surface area contributed by atoms with Crippen LogP contribution in [-0.4, -0.2) is 117 Å². The lowest BCUT2D eigenvalue weighted by molar-refractivity contribution is -0.142. The highest BCUT2D eigenvalue weighted by molar-refractivity contribution is 6.33. The Hall–Kier alpha value is -4.57. The van der Waals surface area contributed by atoms with Crippen molar-refractivity contribution in [3.63, 3.8) is 0 Å². The Kier molecular flexibility index (Phi) is 8.90. The van der Waals surface area contributed by atoms with Crippen LogP contribution in [0.2, 0.25) is 5.02 Å². The molecule has 2 bridgehead atoms. The first-order valence-corrected chi connectivity index (χ1v) is 18.3. The Morgan fingerprint density at radius 2 is 1.76 bits per heavy atom. The Labute approximate surface area is 301 Å². The summed E-state index contributed by atoms with van der Waals surface area (Å²) in [6.45, 7) is 4.16. The molecule has 3 atom stereocenters. The third kappa shape index (κ3) is 6.21. The van der Waals surface area contributed by atoms with Crippen molar-refractivity contribution in [2.75, 3.05) is 52.0 Å². The molecule has 4 aliphatic rings. The van der Waals surface area contributed by atoms with Crippen LogP contribution in [0.4, 0.5) is 10.5 Å². The maximum Gasteiger partial charge on any atom is 0.410 e. The van der Waals surface area contributed by atoms with Gasteiger partial charge in [0.15, 0.2) is 6.10 Å². The van der Waals surface area contributed by atoms with Gasteiger partial charge in [-0.05, 0) is 62.9 Å². The average molecular weight is 711 g/mol. The number of anilines is 1. The van der Waals surface area contributed by atoms with E-state index in [1.165, 1.54) is 6.42 Å². The number of terminal acetylenes is 1. The topological polar surface area (TPSA) is 133 Å². The second kappa shape index (κ2) is 13.5. The number of halogens is 1. The van der Waals surface area contributed by atoms with Gasteiger partial charge in [0.2, 0.25) is 0 Å². The van der Waals surface area contributed by atoms with Gasteiger partial charge in [-0.3, -0.25) is 19.2 Å². The molecule has 2 aromatic carbocycles. The Morgan fingerprint density at radius 1 is 1.04 bits per heavy atom. The lowest BCUT2D eigenvalue weighted by Crippen LogP contribution is -2.54. The number of hydrogen-bond acceptors (Lipinski definition) is 8. The van der Waals surface area contributed by atoms with E-state index in [-0.39, 0.29) is 24.1 Å². The van der Waals surface area contributed by atoms with E-state index in [2.05, 4.69) is 32.7 Å². The van der Waals surface area contributed by atoms with Gasteiger partial charge in [0.25, 0.3) is 5.91 Å². The molecule has 0 aliphatic carbocycles. The lowest BCUT2D eigenvalue weighted by Gasteiger charge is -2.42. The van der Waals surface area contributed by atoms with E-state index in [4.69, 9.17) is 28.5 Å².